The highest BCUT2D eigenvalue weighted by atomic mass is 35.5. The Kier molecular flexibility index (Phi) is 7.15. The van der Waals surface area contributed by atoms with Gasteiger partial charge in [0.05, 0.1) is 6.04 Å². The predicted octanol–water partition coefficient (Wildman–Crippen LogP) is 1.71. The van der Waals surface area contributed by atoms with Crippen LogP contribution >= 0.6 is 12.4 Å². The van der Waals surface area contributed by atoms with Gasteiger partial charge in [-0.2, -0.15) is 0 Å². The van der Waals surface area contributed by atoms with E-state index in [0.717, 1.165) is 51.7 Å². The molecule has 0 radical (unpaired) electrons. The number of amides is 2. The summed E-state index contributed by atoms with van der Waals surface area (Å²) in [5.41, 5.74) is 0. The van der Waals surface area contributed by atoms with E-state index in [1.165, 1.54) is 19.3 Å². The van der Waals surface area contributed by atoms with Gasteiger partial charge in [-0.05, 0) is 56.9 Å². The van der Waals surface area contributed by atoms with E-state index in [4.69, 9.17) is 0 Å². The molecular formula is C17H30ClN3O2. The number of rotatable bonds is 5. The summed E-state index contributed by atoms with van der Waals surface area (Å²) in [6, 6.07) is -0.0000535. The standard InChI is InChI=1S/C17H29N3O2.ClH/c21-16(10-13-4-1-5-13)20-9-3-6-14(12-20)11-19-17(22)15-7-2-8-18-15;/h13-15,18H,1-12H2,(H,19,22);1H. The van der Waals surface area contributed by atoms with Crippen LogP contribution in [0, 0.1) is 11.8 Å². The van der Waals surface area contributed by atoms with E-state index in [2.05, 4.69) is 10.6 Å². The lowest BCUT2D eigenvalue weighted by Crippen LogP contribution is -2.47. The smallest absolute Gasteiger partial charge is 0.237 e. The Hall–Kier alpha value is -0.810. The zero-order chi connectivity index (χ0) is 15.4. The average molecular weight is 344 g/mol. The van der Waals surface area contributed by atoms with Gasteiger partial charge in [0.2, 0.25) is 11.8 Å². The van der Waals surface area contributed by atoms with Gasteiger partial charge in [0.25, 0.3) is 0 Å². The number of hydrogen-bond acceptors (Lipinski definition) is 3. The second-order valence-electron chi connectivity index (χ2n) is 7.24. The molecule has 0 aromatic carbocycles. The number of likely N-dealkylation sites (tertiary alicyclic amines) is 1. The van der Waals surface area contributed by atoms with Gasteiger partial charge in [-0.3, -0.25) is 9.59 Å². The Morgan fingerprint density at radius 2 is 1.83 bits per heavy atom. The van der Waals surface area contributed by atoms with Crippen LogP contribution < -0.4 is 10.6 Å². The SMILES string of the molecule is Cl.O=C(NCC1CCCN(C(=O)CC2CCC2)C1)C1CCCN1. The van der Waals surface area contributed by atoms with Crippen LogP contribution in [0.15, 0.2) is 0 Å². The molecule has 0 aromatic rings. The largest absolute Gasteiger partial charge is 0.354 e. The molecule has 0 aromatic heterocycles. The number of nitrogens with zero attached hydrogens (tertiary/aromatic N) is 1. The van der Waals surface area contributed by atoms with Gasteiger partial charge < -0.3 is 15.5 Å². The zero-order valence-electron chi connectivity index (χ0n) is 13.9. The van der Waals surface area contributed by atoms with Crippen molar-refractivity contribution in [3.8, 4) is 0 Å². The summed E-state index contributed by atoms with van der Waals surface area (Å²) in [5, 5.41) is 6.31. The molecule has 0 spiro atoms. The highest BCUT2D eigenvalue weighted by Crippen LogP contribution is 2.30. The molecule has 3 aliphatic rings. The Morgan fingerprint density at radius 3 is 2.48 bits per heavy atom. The molecule has 23 heavy (non-hydrogen) atoms. The lowest BCUT2D eigenvalue weighted by Gasteiger charge is -2.35. The van der Waals surface area contributed by atoms with Gasteiger partial charge in [-0.15, -0.1) is 12.4 Å². The number of piperidine rings is 1. The minimum Gasteiger partial charge on any atom is -0.354 e. The number of halogens is 1. The molecule has 1 aliphatic carbocycles. The average Bonchev–Trinajstić information content (AvgIpc) is 3.03. The molecule has 6 heteroatoms. The third kappa shape index (κ3) is 5.08. The molecule has 132 valence electrons. The van der Waals surface area contributed by atoms with Crippen molar-refractivity contribution in [3.63, 3.8) is 0 Å². The van der Waals surface area contributed by atoms with Gasteiger partial charge in [-0.25, -0.2) is 0 Å². The Balaban J connectivity index is 0.00000192. The van der Waals surface area contributed by atoms with Gasteiger partial charge in [0.15, 0.2) is 0 Å². The fourth-order valence-electron chi connectivity index (χ4n) is 3.81. The fourth-order valence-corrected chi connectivity index (χ4v) is 3.81. The van der Waals surface area contributed by atoms with Gasteiger partial charge in [-0.1, -0.05) is 6.42 Å². The van der Waals surface area contributed by atoms with Crippen molar-refractivity contribution in [3.05, 3.63) is 0 Å². The molecule has 2 unspecified atom stereocenters. The topological polar surface area (TPSA) is 61.4 Å². The summed E-state index contributed by atoms with van der Waals surface area (Å²) in [4.78, 5) is 26.4. The molecule has 2 N–H and O–H groups in total. The molecule has 5 nitrogen and oxygen atoms in total. The van der Waals surface area contributed by atoms with Crippen LogP contribution in [-0.4, -0.2) is 48.9 Å². The van der Waals surface area contributed by atoms with Crippen molar-refractivity contribution in [1.29, 1.82) is 0 Å². The summed E-state index contributed by atoms with van der Waals surface area (Å²) in [6.45, 7) is 3.39. The minimum atomic E-state index is -0.0000535. The van der Waals surface area contributed by atoms with Crippen LogP contribution in [0.4, 0.5) is 0 Å². The number of hydrogen-bond donors (Lipinski definition) is 2. The molecule has 2 heterocycles. The summed E-state index contributed by atoms with van der Waals surface area (Å²) in [6.07, 6.45) is 8.71. The molecule has 3 fully saturated rings. The predicted molar refractivity (Wildman–Crippen MR) is 92.5 cm³/mol. The Bertz CT molecular complexity index is 409. The van der Waals surface area contributed by atoms with Crippen molar-refractivity contribution in [2.75, 3.05) is 26.2 Å². The van der Waals surface area contributed by atoms with E-state index >= 15 is 0 Å². The lowest BCUT2D eigenvalue weighted by molar-refractivity contribution is -0.134. The van der Waals surface area contributed by atoms with Gasteiger partial charge in [0.1, 0.15) is 0 Å². The van der Waals surface area contributed by atoms with E-state index in [1.807, 2.05) is 4.90 Å². The second kappa shape index (κ2) is 8.88. The first-order chi connectivity index (χ1) is 10.7. The first-order valence-electron chi connectivity index (χ1n) is 9.01. The third-order valence-electron chi connectivity index (χ3n) is 5.50. The van der Waals surface area contributed by atoms with Crippen LogP contribution in [0.25, 0.3) is 0 Å². The van der Waals surface area contributed by atoms with E-state index in [9.17, 15) is 9.59 Å². The fraction of sp³-hybridized carbons (Fsp3) is 0.882. The molecular weight excluding hydrogens is 314 g/mol. The van der Waals surface area contributed by atoms with Crippen LogP contribution in [0.3, 0.4) is 0 Å². The zero-order valence-corrected chi connectivity index (χ0v) is 14.7. The summed E-state index contributed by atoms with van der Waals surface area (Å²) in [7, 11) is 0. The van der Waals surface area contributed by atoms with Crippen LogP contribution in [0.1, 0.15) is 51.4 Å². The Labute approximate surface area is 145 Å². The quantitative estimate of drug-likeness (QED) is 0.798. The molecule has 2 saturated heterocycles. The number of nitrogens with one attached hydrogen (secondary N) is 2. The minimum absolute atomic E-state index is 0. The highest BCUT2D eigenvalue weighted by Gasteiger charge is 2.28. The molecule has 0 bridgehead atoms. The van der Waals surface area contributed by atoms with Crippen molar-refractivity contribution in [1.82, 2.24) is 15.5 Å². The lowest BCUT2D eigenvalue weighted by atomic mass is 9.82. The number of carbonyl (C=O) groups excluding carboxylic acids is 2. The van der Waals surface area contributed by atoms with Crippen molar-refractivity contribution < 1.29 is 9.59 Å². The molecule has 1 saturated carbocycles. The summed E-state index contributed by atoms with van der Waals surface area (Å²) >= 11 is 0. The maximum Gasteiger partial charge on any atom is 0.237 e. The second-order valence-corrected chi connectivity index (χ2v) is 7.24. The summed E-state index contributed by atoms with van der Waals surface area (Å²) < 4.78 is 0. The molecule has 2 amide bonds. The van der Waals surface area contributed by atoms with Crippen LogP contribution in [-0.2, 0) is 9.59 Å². The maximum absolute atomic E-state index is 12.3. The highest BCUT2D eigenvalue weighted by molar-refractivity contribution is 5.85. The third-order valence-corrected chi connectivity index (χ3v) is 5.50. The van der Waals surface area contributed by atoms with Crippen molar-refractivity contribution >= 4 is 24.2 Å². The molecule has 2 aliphatic heterocycles. The van der Waals surface area contributed by atoms with Crippen LogP contribution in [0.2, 0.25) is 0 Å². The van der Waals surface area contributed by atoms with E-state index in [1.54, 1.807) is 0 Å². The molecule has 3 rings (SSSR count). The Morgan fingerprint density at radius 1 is 1.04 bits per heavy atom. The van der Waals surface area contributed by atoms with E-state index in [0.29, 0.717) is 24.3 Å². The first-order valence-corrected chi connectivity index (χ1v) is 9.01. The number of carbonyl (C=O) groups is 2. The van der Waals surface area contributed by atoms with Gasteiger partial charge >= 0.3 is 0 Å². The normalized spacial score (nSPS) is 27.9. The monoisotopic (exact) mass is 343 g/mol. The summed E-state index contributed by atoms with van der Waals surface area (Å²) in [5.74, 6) is 1.53. The maximum atomic E-state index is 12.3. The van der Waals surface area contributed by atoms with Crippen molar-refractivity contribution in [2.24, 2.45) is 11.8 Å². The van der Waals surface area contributed by atoms with Crippen molar-refractivity contribution in [2.45, 2.75) is 57.4 Å². The van der Waals surface area contributed by atoms with Gasteiger partial charge in [0, 0.05) is 26.1 Å². The van der Waals surface area contributed by atoms with E-state index < -0.39 is 0 Å². The van der Waals surface area contributed by atoms with Crippen LogP contribution in [0.5, 0.6) is 0 Å². The molecule has 2 atom stereocenters. The van der Waals surface area contributed by atoms with E-state index in [-0.39, 0.29) is 24.4 Å². The first kappa shape index (κ1) is 18.5.